The largest absolute Gasteiger partial charge is 0.493 e. The van der Waals surface area contributed by atoms with Crippen LogP contribution in [0, 0.1) is 5.41 Å². The molecule has 1 fully saturated rings. The van der Waals surface area contributed by atoms with Crippen LogP contribution in [0.25, 0.3) is 0 Å². The summed E-state index contributed by atoms with van der Waals surface area (Å²) in [5.41, 5.74) is 1.37. The van der Waals surface area contributed by atoms with Gasteiger partial charge in [-0.05, 0) is 69.6 Å². The van der Waals surface area contributed by atoms with Gasteiger partial charge in [-0.25, -0.2) is 0 Å². The van der Waals surface area contributed by atoms with Gasteiger partial charge in [-0.15, -0.1) is 0 Å². The van der Waals surface area contributed by atoms with Gasteiger partial charge in [0.25, 0.3) is 0 Å². The summed E-state index contributed by atoms with van der Waals surface area (Å²) < 4.78 is 10.8. The normalized spacial score (nSPS) is 17.1. The fourth-order valence-electron chi connectivity index (χ4n) is 3.79. The van der Waals surface area contributed by atoms with Gasteiger partial charge in [0.15, 0.2) is 11.5 Å². The summed E-state index contributed by atoms with van der Waals surface area (Å²) >= 11 is 0. The van der Waals surface area contributed by atoms with Crippen molar-refractivity contribution in [2.75, 3.05) is 47.9 Å². The van der Waals surface area contributed by atoms with Gasteiger partial charge in [-0.1, -0.05) is 0 Å². The number of benzene rings is 1. The van der Waals surface area contributed by atoms with E-state index in [9.17, 15) is 9.59 Å². The molecule has 0 bridgehead atoms. The molecule has 7 heteroatoms. The highest BCUT2D eigenvalue weighted by atomic mass is 16.5. The second kappa shape index (κ2) is 8.39. The van der Waals surface area contributed by atoms with Crippen LogP contribution in [0.15, 0.2) is 12.1 Å². The first-order valence-electron chi connectivity index (χ1n) is 9.87. The molecule has 0 saturated heterocycles. The van der Waals surface area contributed by atoms with Crippen molar-refractivity contribution in [3.05, 3.63) is 23.3 Å². The molecule has 1 saturated carbocycles. The monoisotopic (exact) mass is 389 g/mol. The van der Waals surface area contributed by atoms with Crippen LogP contribution in [0.3, 0.4) is 0 Å². The number of nitrogens with one attached hydrogen (secondary N) is 1. The third-order valence-electron chi connectivity index (χ3n) is 5.67. The Hall–Kier alpha value is -2.28. The number of carbonyl (C=O) groups excluding carboxylic acids is 2. The standard InChI is InChI=1S/C21H31N3O4/c1-23(2)10-5-9-22-19(25)21(7-8-21)20(26)24-11-6-15-12-17(27-3)18(28-4)13-16(15)14-24/h12-13H,5-11,14H2,1-4H3,(H,22,25). The summed E-state index contributed by atoms with van der Waals surface area (Å²) in [4.78, 5) is 29.7. The Balaban J connectivity index is 1.64. The molecule has 0 unspecified atom stereocenters. The highest BCUT2D eigenvalue weighted by Crippen LogP contribution is 2.48. The molecule has 7 nitrogen and oxygen atoms in total. The van der Waals surface area contributed by atoms with Gasteiger partial charge >= 0.3 is 0 Å². The SMILES string of the molecule is COc1cc2c(cc1OC)CN(C(=O)C1(C(=O)NCCCN(C)C)CC1)CC2. The van der Waals surface area contributed by atoms with Gasteiger partial charge in [0.1, 0.15) is 5.41 Å². The van der Waals surface area contributed by atoms with Crippen LogP contribution in [0.2, 0.25) is 0 Å². The van der Waals surface area contributed by atoms with Crippen molar-refractivity contribution in [3.8, 4) is 11.5 Å². The number of hydrogen-bond donors (Lipinski definition) is 1. The van der Waals surface area contributed by atoms with Crippen molar-refractivity contribution in [2.45, 2.75) is 32.2 Å². The highest BCUT2D eigenvalue weighted by Gasteiger charge is 2.58. The maximum absolute atomic E-state index is 13.2. The van der Waals surface area contributed by atoms with E-state index in [1.54, 1.807) is 14.2 Å². The predicted octanol–water partition coefficient (Wildman–Crippen LogP) is 1.44. The molecule has 28 heavy (non-hydrogen) atoms. The van der Waals surface area contributed by atoms with Gasteiger partial charge in [0.05, 0.1) is 14.2 Å². The number of ether oxygens (including phenoxy) is 2. The lowest BCUT2D eigenvalue weighted by atomic mass is 9.96. The van der Waals surface area contributed by atoms with Crippen molar-refractivity contribution >= 4 is 11.8 Å². The summed E-state index contributed by atoms with van der Waals surface area (Å²) in [5, 5.41) is 2.96. The van der Waals surface area contributed by atoms with E-state index < -0.39 is 5.41 Å². The molecule has 0 spiro atoms. The third kappa shape index (κ3) is 4.09. The Labute approximate surface area is 167 Å². The number of fused-ring (bicyclic) bond motifs is 1. The van der Waals surface area contributed by atoms with Crippen LogP contribution in [-0.4, -0.2) is 69.6 Å². The van der Waals surface area contributed by atoms with Crippen LogP contribution in [-0.2, 0) is 22.6 Å². The number of rotatable bonds is 8. The zero-order chi connectivity index (χ0) is 20.3. The number of methoxy groups -OCH3 is 2. The second-order valence-corrected chi connectivity index (χ2v) is 7.95. The van der Waals surface area contributed by atoms with E-state index in [1.165, 1.54) is 5.56 Å². The van der Waals surface area contributed by atoms with Crippen LogP contribution in [0.1, 0.15) is 30.4 Å². The lowest BCUT2D eigenvalue weighted by Crippen LogP contribution is -2.47. The van der Waals surface area contributed by atoms with Crippen LogP contribution < -0.4 is 14.8 Å². The summed E-state index contributed by atoms with van der Waals surface area (Å²) in [6, 6.07) is 3.93. The van der Waals surface area contributed by atoms with Crippen molar-refractivity contribution < 1.29 is 19.1 Å². The quantitative estimate of drug-likeness (QED) is 0.538. The molecule has 154 valence electrons. The Morgan fingerprint density at radius 3 is 2.36 bits per heavy atom. The first-order chi connectivity index (χ1) is 13.4. The van der Waals surface area contributed by atoms with E-state index in [1.807, 2.05) is 31.1 Å². The lowest BCUT2D eigenvalue weighted by Gasteiger charge is -2.32. The average molecular weight is 389 g/mol. The summed E-state index contributed by atoms with van der Waals surface area (Å²) in [6.45, 7) is 2.64. The fourth-order valence-corrected chi connectivity index (χ4v) is 3.79. The van der Waals surface area contributed by atoms with E-state index in [-0.39, 0.29) is 11.8 Å². The lowest BCUT2D eigenvalue weighted by molar-refractivity contribution is -0.145. The number of nitrogens with zero attached hydrogens (tertiary/aromatic N) is 2. The van der Waals surface area contributed by atoms with Crippen molar-refractivity contribution in [1.82, 2.24) is 15.1 Å². The van der Waals surface area contributed by atoms with Crippen molar-refractivity contribution in [3.63, 3.8) is 0 Å². The van der Waals surface area contributed by atoms with Crippen LogP contribution >= 0.6 is 0 Å². The summed E-state index contributed by atoms with van der Waals surface area (Å²) in [7, 11) is 7.24. The first-order valence-corrected chi connectivity index (χ1v) is 9.87. The Morgan fingerprint density at radius 1 is 1.14 bits per heavy atom. The molecule has 1 aromatic rings. The Bertz CT molecular complexity index is 743. The van der Waals surface area contributed by atoms with E-state index in [0.29, 0.717) is 44.0 Å². The molecule has 1 aliphatic heterocycles. The minimum Gasteiger partial charge on any atom is -0.493 e. The molecule has 3 rings (SSSR count). The maximum Gasteiger partial charge on any atom is 0.238 e. The average Bonchev–Trinajstić information content (AvgIpc) is 3.50. The topological polar surface area (TPSA) is 71.1 Å². The first kappa shape index (κ1) is 20.5. The Kier molecular flexibility index (Phi) is 6.13. The van der Waals surface area contributed by atoms with E-state index in [2.05, 4.69) is 10.2 Å². The zero-order valence-corrected chi connectivity index (χ0v) is 17.3. The smallest absolute Gasteiger partial charge is 0.238 e. The molecular formula is C21H31N3O4. The number of amides is 2. The molecule has 2 aliphatic rings. The van der Waals surface area contributed by atoms with Gasteiger partial charge in [-0.2, -0.15) is 0 Å². The summed E-state index contributed by atoms with van der Waals surface area (Å²) in [5.74, 6) is 1.21. The van der Waals surface area contributed by atoms with E-state index in [4.69, 9.17) is 9.47 Å². The molecule has 0 atom stereocenters. The summed E-state index contributed by atoms with van der Waals surface area (Å²) in [6.07, 6.45) is 2.91. The fraction of sp³-hybridized carbons (Fsp3) is 0.619. The molecule has 1 N–H and O–H groups in total. The molecule has 2 amide bonds. The van der Waals surface area contributed by atoms with Crippen molar-refractivity contribution in [2.24, 2.45) is 5.41 Å². The van der Waals surface area contributed by atoms with Crippen LogP contribution in [0.4, 0.5) is 0 Å². The third-order valence-corrected chi connectivity index (χ3v) is 5.67. The van der Waals surface area contributed by atoms with Gasteiger partial charge < -0.3 is 24.6 Å². The Morgan fingerprint density at radius 2 is 1.79 bits per heavy atom. The van der Waals surface area contributed by atoms with E-state index >= 15 is 0 Å². The molecule has 0 radical (unpaired) electrons. The van der Waals surface area contributed by atoms with Crippen LogP contribution in [0.5, 0.6) is 11.5 Å². The second-order valence-electron chi connectivity index (χ2n) is 7.95. The number of hydrogen-bond acceptors (Lipinski definition) is 5. The zero-order valence-electron chi connectivity index (χ0n) is 17.3. The van der Waals surface area contributed by atoms with Gasteiger partial charge in [-0.3, -0.25) is 9.59 Å². The van der Waals surface area contributed by atoms with Gasteiger partial charge in [0.2, 0.25) is 11.8 Å². The molecular weight excluding hydrogens is 358 g/mol. The van der Waals surface area contributed by atoms with E-state index in [0.717, 1.165) is 24.9 Å². The molecule has 1 aromatic carbocycles. The predicted molar refractivity (Wildman–Crippen MR) is 107 cm³/mol. The molecule has 1 heterocycles. The maximum atomic E-state index is 13.2. The minimum atomic E-state index is -0.855. The van der Waals surface area contributed by atoms with Crippen molar-refractivity contribution in [1.29, 1.82) is 0 Å². The highest BCUT2D eigenvalue weighted by molar-refractivity contribution is 6.07. The molecule has 0 aromatic heterocycles. The number of carbonyl (C=O) groups is 2. The molecule has 1 aliphatic carbocycles. The minimum absolute atomic E-state index is 0.0435. The van der Waals surface area contributed by atoms with Gasteiger partial charge in [0, 0.05) is 19.6 Å².